The number of nitrogens with zero attached hydrogens (tertiary/aromatic N) is 3. The third-order valence-corrected chi connectivity index (χ3v) is 1.38. The molecule has 0 bridgehead atoms. The second kappa shape index (κ2) is 2.79. The van der Waals surface area contributed by atoms with E-state index < -0.39 is 6.10 Å². The van der Waals surface area contributed by atoms with Crippen LogP contribution in [0.2, 0.25) is 0 Å². The second-order valence-electron chi connectivity index (χ2n) is 2.15. The number of hydrogen-bond acceptors (Lipinski definition) is 3. The number of aryl methyl sites for hydroxylation is 1. The number of aliphatic hydroxyl groups is 1. The predicted molar refractivity (Wildman–Crippen MR) is 36.3 cm³/mol. The third kappa shape index (κ3) is 1.16. The summed E-state index contributed by atoms with van der Waals surface area (Å²) in [4.78, 5) is 0. The van der Waals surface area contributed by atoms with Crippen molar-refractivity contribution in [3.05, 3.63) is 11.9 Å². The van der Waals surface area contributed by atoms with Gasteiger partial charge in [-0.15, -0.1) is 5.10 Å². The minimum absolute atomic E-state index is 0.477. The Morgan fingerprint density at radius 1 is 1.80 bits per heavy atom. The first-order valence-corrected chi connectivity index (χ1v) is 3.32. The van der Waals surface area contributed by atoms with Crippen molar-refractivity contribution >= 4 is 0 Å². The van der Waals surface area contributed by atoms with Gasteiger partial charge in [0.05, 0.1) is 18.0 Å². The zero-order valence-corrected chi connectivity index (χ0v) is 6.15. The molecule has 0 aromatic carbocycles. The molecule has 0 radical (unpaired) electrons. The van der Waals surface area contributed by atoms with Crippen molar-refractivity contribution in [2.45, 2.75) is 26.5 Å². The molecule has 1 N–H and O–H groups in total. The molecular formula is C6H11N3O. The van der Waals surface area contributed by atoms with Crippen LogP contribution in [0.3, 0.4) is 0 Å². The lowest BCUT2D eigenvalue weighted by Gasteiger charge is -2.03. The van der Waals surface area contributed by atoms with Crippen LogP contribution in [0.1, 0.15) is 25.6 Å². The summed E-state index contributed by atoms with van der Waals surface area (Å²) >= 11 is 0. The van der Waals surface area contributed by atoms with Crippen molar-refractivity contribution in [2.24, 2.45) is 0 Å². The molecule has 1 heterocycles. The average molecular weight is 141 g/mol. The van der Waals surface area contributed by atoms with E-state index in [1.54, 1.807) is 17.8 Å². The summed E-state index contributed by atoms with van der Waals surface area (Å²) in [5.41, 5.74) is 0.766. The Balaban J connectivity index is 2.90. The monoisotopic (exact) mass is 141 g/mol. The molecule has 0 spiro atoms. The fraction of sp³-hybridized carbons (Fsp3) is 0.667. The lowest BCUT2D eigenvalue weighted by molar-refractivity contribution is 0.187. The molecule has 0 unspecified atom stereocenters. The zero-order valence-electron chi connectivity index (χ0n) is 6.15. The summed E-state index contributed by atoms with van der Waals surface area (Å²) in [5, 5.41) is 16.6. The van der Waals surface area contributed by atoms with Crippen molar-refractivity contribution in [2.75, 3.05) is 0 Å². The van der Waals surface area contributed by atoms with Crippen LogP contribution in [-0.2, 0) is 6.54 Å². The van der Waals surface area contributed by atoms with Crippen molar-refractivity contribution in [1.29, 1.82) is 0 Å². The van der Waals surface area contributed by atoms with Gasteiger partial charge in [0, 0.05) is 6.54 Å². The van der Waals surface area contributed by atoms with E-state index in [1.165, 1.54) is 0 Å². The van der Waals surface area contributed by atoms with E-state index in [4.69, 9.17) is 5.11 Å². The molecule has 0 saturated heterocycles. The van der Waals surface area contributed by atoms with E-state index in [0.29, 0.717) is 0 Å². The predicted octanol–water partition coefficient (Wildman–Crippen LogP) is 0.351. The molecule has 10 heavy (non-hydrogen) atoms. The van der Waals surface area contributed by atoms with Gasteiger partial charge in [-0.3, -0.25) is 0 Å². The summed E-state index contributed by atoms with van der Waals surface area (Å²) in [6.45, 7) is 4.41. The smallest absolute Gasteiger partial charge is 0.0945 e. The van der Waals surface area contributed by atoms with Gasteiger partial charge in [-0.25, -0.2) is 4.68 Å². The van der Waals surface area contributed by atoms with Crippen LogP contribution in [0.5, 0.6) is 0 Å². The Bertz CT molecular complexity index is 207. The maximum atomic E-state index is 9.12. The summed E-state index contributed by atoms with van der Waals surface area (Å²) < 4.78 is 1.67. The highest BCUT2D eigenvalue weighted by atomic mass is 16.3. The lowest BCUT2D eigenvalue weighted by Crippen LogP contribution is -2.05. The molecule has 0 aliphatic heterocycles. The SMILES string of the molecule is CCn1nncc1[C@@H](C)O. The highest BCUT2D eigenvalue weighted by Gasteiger charge is 2.06. The van der Waals surface area contributed by atoms with Crippen LogP contribution < -0.4 is 0 Å². The van der Waals surface area contributed by atoms with Crippen molar-refractivity contribution in [3.63, 3.8) is 0 Å². The van der Waals surface area contributed by atoms with Gasteiger partial charge in [0.1, 0.15) is 0 Å². The van der Waals surface area contributed by atoms with Crippen molar-refractivity contribution in [3.8, 4) is 0 Å². The van der Waals surface area contributed by atoms with Crippen LogP contribution >= 0.6 is 0 Å². The fourth-order valence-electron chi connectivity index (χ4n) is 0.835. The van der Waals surface area contributed by atoms with Gasteiger partial charge in [0.15, 0.2) is 0 Å². The molecule has 0 amide bonds. The van der Waals surface area contributed by atoms with Gasteiger partial charge >= 0.3 is 0 Å². The molecule has 1 rings (SSSR count). The topological polar surface area (TPSA) is 50.9 Å². The largest absolute Gasteiger partial charge is 0.387 e. The van der Waals surface area contributed by atoms with Crippen LogP contribution in [0.4, 0.5) is 0 Å². The average Bonchev–Trinajstić information content (AvgIpc) is 2.33. The van der Waals surface area contributed by atoms with Gasteiger partial charge in [-0.05, 0) is 13.8 Å². The van der Waals surface area contributed by atoms with Gasteiger partial charge < -0.3 is 5.11 Å². The van der Waals surface area contributed by atoms with Crippen LogP contribution in [0, 0.1) is 0 Å². The van der Waals surface area contributed by atoms with E-state index in [0.717, 1.165) is 12.2 Å². The fourth-order valence-corrected chi connectivity index (χ4v) is 0.835. The molecule has 56 valence electrons. The Labute approximate surface area is 59.5 Å². The first kappa shape index (κ1) is 7.21. The second-order valence-corrected chi connectivity index (χ2v) is 2.15. The molecule has 1 aromatic rings. The lowest BCUT2D eigenvalue weighted by atomic mass is 10.3. The summed E-state index contributed by atoms with van der Waals surface area (Å²) in [5.74, 6) is 0. The third-order valence-electron chi connectivity index (χ3n) is 1.38. The Morgan fingerprint density at radius 2 is 2.50 bits per heavy atom. The molecule has 0 aliphatic rings. The van der Waals surface area contributed by atoms with Crippen molar-refractivity contribution in [1.82, 2.24) is 15.0 Å². The minimum Gasteiger partial charge on any atom is -0.387 e. The molecule has 0 fully saturated rings. The Kier molecular flexibility index (Phi) is 2.01. The van der Waals surface area contributed by atoms with E-state index in [1.807, 2.05) is 6.92 Å². The van der Waals surface area contributed by atoms with Gasteiger partial charge in [0.2, 0.25) is 0 Å². The van der Waals surface area contributed by atoms with Gasteiger partial charge in [-0.2, -0.15) is 0 Å². The molecule has 0 aliphatic carbocycles. The van der Waals surface area contributed by atoms with Crippen LogP contribution in [0.25, 0.3) is 0 Å². The van der Waals surface area contributed by atoms with E-state index >= 15 is 0 Å². The molecule has 0 saturated carbocycles. The maximum absolute atomic E-state index is 9.12. The Morgan fingerprint density at radius 3 is 2.90 bits per heavy atom. The number of aliphatic hydroxyl groups excluding tert-OH is 1. The highest BCUT2D eigenvalue weighted by molar-refractivity contribution is 4.96. The summed E-state index contributed by atoms with van der Waals surface area (Å²) in [6.07, 6.45) is 1.10. The zero-order chi connectivity index (χ0) is 7.56. The molecule has 4 nitrogen and oxygen atoms in total. The Hall–Kier alpha value is -0.900. The van der Waals surface area contributed by atoms with E-state index in [2.05, 4.69) is 10.3 Å². The van der Waals surface area contributed by atoms with Crippen LogP contribution in [-0.4, -0.2) is 20.1 Å². The number of rotatable bonds is 2. The molecule has 1 atom stereocenters. The first-order valence-electron chi connectivity index (χ1n) is 3.32. The summed E-state index contributed by atoms with van der Waals surface area (Å²) in [6, 6.07) is 0. The normalized spacial score (nSPS) is 13.5. The number of hydrogen-bond donors (Lipinski definition) is 1. The number of aromatic nitrogens is 3. The maximum Gasteiger partial charge on any atom is 0.0945 e. The van der Waals surface area contributed by atoms with Crippen LogP contribution in [0.15, 0.2) is 6.20 Å². The highest BCUT2D eigenvalue weighted by Crippen LogP contribution is 2.07. The molecular weight excluding hydrogens is 130 g/mol. The molecule has 1 aromatic heterocycles. The minimum atomic E-state index is -0.477. The summed E-state index contributed by atoms with van der Waals surface area (Å²) in [7, 11) is 0. The van der Waals surface area contributed by atoms with Gasteiger partial charge in [0.25, 0.3) is 0 Å². The van der Waals surface area contributed by atoms with Gasteiger partial charge in [-0.1, -0.05) is 5.21 Å². The first-order chi connectivity index (χ1) is 4.75. The van der Waals surface area contributed by atoms with Crippen molar-refractivity contribution < 1.29 is 5.11 Å². The quantitative estimate of drug-likeness (QED) is 0.646. The molecule has 4 heteroatoms. The van der Waals surface area contributed by atoms with E-state index in [-0.39, 0.29) is 0 Å². The standard InChI is InChI=1S/C6H11N3O/c1-3-9-6(5(2)10)4-7-8-9/h4-5,10H,3H2,1-2H3/t5-/m1/s1. The van der Waals surface area contributed by atoms with E-state index in [9.17, 15) is 0 Å².